The third-order valence-electron chi connectivity index (χ3n) is 11.8. The number of carbonyl (C=O) groups excluding carboxylic acids is 8. The summed E-state index contributed by atoms with van der Waals surface area (Å²) in [5, 5.41) is 13.4. The van der Waals surface area contributed by atoms with Gasteiger partial charge in [0.05, 0.1) is 22.3 Å². The van der Waals surface area contributed by atoms with Crippen LogP contribution < -0.4 is 0 Å². The first-order chi connectivity index (χ1) is 25.0. The molecular formula is C39H48O15. The van der Waals surface area contributed by atoms with E-state index >= 15 is 0 Å². The van der Waals surface area contributed by atoms with E-state index in [9.17, 15) is 43.5 Å². The maximum absolute atomic E-state index is 14.6. The molecule has 4 aliphatic rings. The molecule has 0 spiro atoms. The van der Waals surface area contributed by atoms with Gasteiger partial charge >= 0.3 is 35.8 Å². The molecule has 0 aromatic heterocycles. The van der Waals surface area contributed by atoms with Crippen LogP contribution in [-0.4, -0.2) is 94.2 Å². The lowest BCUT2D eigenvalue weighted by Crippen LogP contribution is -2.72. The topological polar surface area (TPSA) is 212 Å². The molecule has 0 saturated heterocycles. The molecule has 4 saturated carbocycles. The number of esters is 6. The minimum Gasteiger partial charge on any atom is -0.461 e. The van der Waals surface area contributed by atoms with E-state index in [2.05, 4.69) is 0 Å². The highest BCUT2D eigenvalue weighted by atomic mass is 16.6. The second-order valence-corrected chi connectivity index (χ2v) is 16.1. The van der Waals surface area contributed by atoms with Crippen LogP contribution in [0.4, 0.5) is 0 Å². The number of Topliss-reactive ketones (excluding diaryl/α,β-unsaturated/α-hetero) is 2. The van der Waals surface area contributed by atoms with Gasteiger partial charge in [0.1, 0.15) is 41.9 Å². The third kappa shape index (κ3) is 6.58. The number of benzene rings is 1. The monoisotopic (exact) mass is 756 g/mol. The summed E-state index contributed by atoms with van der Waals surface area (Å²) in [5.41, 5.74) is -7.96. The molecular weight excluding hydrogens is 708 g/mol. The molecule has 4 fully saturated rings. The van der Waals surface area contributed by atoms with E-state index < -0.39 is 136 Å². The summed E-state index contributed by atoms with van der Waals surface area (Å²) in [6.45, 7) is 11.7. The van der Waals surface area contributed by atoms with Crippen molar-refractivity contribution < 1.29 is 71.9 Å². The summed E-state index contributed by atoms with van der Waals surface area (Å²) in [6, 6.07) is 7.92. The zero-order valence-electron chi connectivity index (χ0n) is 31.9. The molecule has 0 amide bonds. The van der Waals surface area contributed by atoms with Crippen LogP contribution in [0, 0.1) is 34.5 Å². The fraction of sp³-hybridized carbons (Fsp3) is 0.641. The number of hydrogen-bond donors (Lipinski definition) is 1. The van der Waals surface area contributed by atoms with Crippen LogP contribution in [-0.2, 0) is 62.0 Å². The Balaban J connectivity index is 1.91. The molecule has 5 rings (SSSR count). The van der Waals surface area contributed by atoms with Gasteiger partial charge in [0, 0.05) is 46.0 Å². The van der Waals surface area contributed by atoms with Crippen molar-refractivity contribution >= 4 is 47.4 Å². The van der Waals surface area contributed by atoms with Crippen molar-refractivity contribution in [3.63, 3.8) is 0 Å². The molecule has 1 N–H and O–H groups in total. The lowest BCUT2D eigenvalue weighted by Gasteiger charge is -2.58. The van der Waals surface area contributed by atoms with Gasteiger partial charge in [0.25, 0.3) is 0 Å². The predicted molar refractivity (Wildman–Crippen MR) is 183 cm³/mol. The van der Waals surface area contributed by atoms with Gasteiger partial charge in [-0.2, -0.15) is 0 Å². The van der Waals surface area contributed by atoms with Gasteiger partial charge in [-0.05, 0) is 45.2 Å². The Hall–Kier alpha value is -4.66. The number of aliphatic hydroxyl groups is 1. The van der Waals surface area contributed by atoms with Crippen molar-refractivity contribution in [1.82, 2.24) is 0 Å². The van der Waals surface area contributed by atoms with Crippen LogP contribution in [0.2, 0.25) is 0 Å². The van der Waals surface area contributed by atoms with Crippen LogP contribution in [0.1, 0.15) is 91.9 Å². The minimum absolute atomic E-state index is 0.139. The predicted octanol–water partition coefficient (Wildman–Crippen LogP) is 2.85. The number of ether oxygens (including phenoxy) is 6. The van der Waals surface area contributed by atoms with E-state index in [1.807, 2.05) is 0 Å². The van der Waals surface area contributed by atoms with Crippen molar-refractivity contribution in [1.29, 1.82) is 0 Å². The standard InChI is InChI=1S/C39H48O15/c1-18-16-38(48)28(29(18)53-33(47)24-13-11-10-12-14-24)32(52-26(45)15-19(2)40)39(54-23(6)44)17-25-27(31(49-20(3)41)36(7,8)30(25)46)37(9,34(38)50-21(4)42)35(39)51-22(5)43/h10-14,18,25,27-29,31-32,34-35,48H,15-17H2,1-9H3/t18-,25+,27+,28+,29-,31-,32+,34+,35+,37-,38+,39-/m0/s1. The Morgan fingerprint density at radius 1 is 0.722 bits per heavy atom. The average Bonchev–Trinajstić information content (AvgIpc) is 3.39. The SMILES string of the molecule is CC(=O)CC(=O)O[C@@H]1[C@H]2[C@@H](OC(=O)c3ccccc3)[C@@H](C)C[C@]2(O)[C@H](OC(C)=O)[C@]2(C)[C@@H]3[C@@H](C[C@@]1(OC(C)=O)[C@@H]2OC(C)=O)C(=O)C(C)(C)[C@H]3OC(C)=O. The van der Waals surface area contributed by atoms with E-state index in [-0.39, 0.29) is 12.0 Å². The molecule has 4 aliphatic carbocycles. The summed E-state index contributed by atoms with van der Waals surface area (Å²) in [5.74, 6) is -11.3. The Kier molecular flexibility index (Phi) is 10.7. The van der Waals surface area contributed by atoms with Gasteiger partial charge < -0.3 is 33.5 Å². The Morgan fingerprint density at radius 2 is 1.30 bits per heavy atom. The summed E-state index contributed by atoms with van der Waals surface area (Å²) in [4.78, 5) is 107. The Bertz CT molecular complexity index is 1750. The number of rotatable bonds is 9. The quantitative estimate of drug-likeness (QED) is 0.218. The van der Waals surface area contributed by atoms with Gasteiger partial charge in [0.15, 0.2) is 17.8 Å². The molecule has 0 heterocycles. The summed E-state index contributed by atoms with van der Waals surface area (Å²) >= 11 is 0. The summed E-state index contributed by atoms with van der Waals surface area (Å²) in [6.07, 6.45) is -9.62. The Morgan fingerprint density at radius 3 is 1.83 bits per heavy atom. The fourth-order valence-corrected chi connectivity index (χ4v) is 10.2. The number of hydrogen-bond acceptors (Lipinski definition) is 15. The molecule has 1 aromatic rings. The average molecular weight is 757 g/mol. The first kappa shape index (κ1) is 40.5. The van der Waals surface area contributed by atoms with Crippen LogP contribution in [0.15, 0.2) is 30.3 Å². The van der Waals surface area contributed by atoms with Crippen molar-refractivity contribution in [2.24, 2.45) is 34.5 Å². The lowest BCUT2D eigenvalue weighted by atomic mass is 9.53. The second-order valence-electron chi connectivity index (χ2n) is 16.1. The molecule has 1 aromatic carbocycles. The largest absolute Gasteiger partial charge is 0.461 e. The van der Waals surface area contributed by atoms with Gasteiger partial charge in [-0.15, -0.1) is 0 Å². The Labute approximate surface area is 312 Å². The van der Waals surface area contributed by atoms with E-state index in [4.69, 9.17) is 28.4 Å². The van der Waals surface area contributed by atoms with Crippen molar-refractivity contribution in [2.45, 2.75) is 123 Å². The second kappa shape index (κ2) is 14.2. The van der Waals surface area contributed by atoms with Gasteiger partial charge in [-0.25, -0.2) is 4.79 Å². The molecule has 0 unspecified atom stereocenters. The van der Waals surface area contributed by atoms with Crippen molar-refractivity contribution in [3.8, 4) is 0 Å². The molecule has 0 radical (unpaired) electrons. The maximum atomic E-state index is 14.6. The molecule has 12 atom stereocenters. The smallest absolute Gasteiger partial charge is 0.338 e. The van der Waals surface area contributed by atoms with E-state index in [0.717, 1.165) is 34.6 Å². The van der Waals surface area contributed by atoms with Crippen molar-refractivity contribution in [3.05, 3.63) is 35.9 Å². The molecule has 15 heteroatoms. The highest BCUT2D eigenvalue weighted by molar-refractivity contribution is 5.94. The number of fused-ring (bicyclic) bond motifs is 5. The molecule has 2 bridgehead atoms. The third-order valence-corrected chi connectivity index (χ3v) is 11.8. The first-order valence-electron chi connectivity index (χ1n) is 17.9. The molecule has 54 heavy (non-hydrogen) atoms. The molecule has 294 valence electrons. The molecule has 0 aliphatic heterocycles. The van der Waals surface area contributed by atoms with E-state index in [0.29, 0.717) is 0 Å². The first-order valence-corrected chi connectivity index (χ1v) is 17.9. The van der Waals surface area contributed by atoms with E-state index in [1.165, 1.54) is 19.1 Å². The van der Waals surface area contributed by atoms with Crippen LogP contribution in [0.5, 0.6) is 0 Å². The maximum Gasteiger partial charge on any atom is 0.338 e. The minimum atomic E-state index is -2.36. The van der Waals surface area contributed by atoms with Gasteiger partial charge in [-0.1, -0.05) is 32.0 Å². The highest BCUT2D eigenvalue weighted by Gasteiger charge is 2.84. The summed E-state index contributed by atoms with van der Waals surface area (Å²) < 4.78 is 36.6. The summed E-state index contributed by atoms with van der Waals surface area (Å²) in [7, 11) is 0. The zero-order valence-corrected chi connectivity index (χ0v) is 31.9. The lowest BCUT2D eigenvalue weighted by molar-refractivity contribution is -0.276. The van der Waals surface area contributed by atoms with Crippen LogP contribution in [0.3, 0.4) is 0 Å². The zero-order chi connectivity index (χ0) is 40.3. The van der Waals surface area contributed by atoms with Crippen LogP contribution >= 0.6 is 0 Å². The molecule has 15 nitrogen and oxygen atoms in total. The highest BCUT2D eigenvalue weighted by Crippen LogP contribution is 2.69. The van der Waals surface area contributed by atoms with Gasteiger partial charge in [-0.3, -0.25) is 33.6 Å². The normalized spacial score (nSPS) is 37.4. The van der Waals surface area contributed by atoms with Gasteiger partial charge in [0.2, 0.25) is 0 Å². The van der Waals surface area contributed by atoms with E-state index in [1.54, 1.807) is 39.0 Å². The van der Waals surface area contributed by atoms with Crippen LogP contribution in [0.25, 0.3) is 0 Å². The number of carbonyl (C=O) groups is 8. The van der Waals surface area contributed by atoms with Crippen molar-refractivity contribution in [2.75, 3.05) is 0 Å². The fourth-order valence-electron chi connectivity index (χ4n) is 10.2. The number of ketones is 2.